The van der Waals surface area contributed by atoms with Crippen LogP contribution in [0.5, 0.6) is 0 Å². The van der Waals surface area contributed by atoms with Crippen molar-refractivity contribution in [3.05, 3.63) is 84.2 Å². The summed E-state index contributed by atoms with van der Waals surface area (Å²) >= 11 is 0. The molecule has 0 unspecified atom stereocenters. The Labute approximate surface area is 193 Å². The highest BCUT2D eigenvalue weighted by molar-refractivity contribution is 7.89. The molecule has 0 fully saturated rings. The Balaban J connectivity index is 1.51. The van der Waals surface area contributed by atoms with Crippen LogP contribution in [-0.4, -0.2) is 36.6 Å². The van der Waals surface area contributed by atoms with Crippen molar-refractivity contribution in [3.63, 3.8) is 0 Å². The molecule has 1 amide bonds. The van der Waals surface area contributed by atoms with Gasteiger partial charge in [0.05, 0.1) is 15.9 Å². The summed E-state index contributed by atoms with van der Waals surface area (Å²) in [6, 6.07) is 19.6. The van der Waals surface area contributed by atoms with E-state index < -0.39 is 28.7 Å². The van der Waals surface area contributed by atoms with Crippen LogP contribution in [0.3, 0.4) is 0 Å². The number of aryl methyl sites for hydroxylation is 1. The van der Waals surface area contributed by atoms with Gasteiger partial charge in [-0.2, -0.15) is 13.2 Å². The molecule has 4 aromatic rings. The molecule has 0 aliphatic carbocycles. The van der Waals surface area contributed by atoms with Crippen molar-refractivity contribution in [2.75, 3.05) is 11.9 Å². The first kappa shape index (κ1) is 23.5. The van der Waals surface area contributed by atoms with Crippen LogP contribution in [0, 0.1) is 6.92 Å². The van der Waals surface area contributed by atoms with E-state index in [0.717, 1.165) is 29.2 Å². The third-order valence-electron chi connectivity index (χ3n) is 4.98. The Morgan fingerprint density at radius 3 is 2.32 bits per heavy atom. The number of aromatic nitrogens is 2. The summed E-state index contributed by atoms with van der Waals surface area (Å²) in [7, 11) is -4.33. The molecule has 176 valence electrons. The topological polar surface area (TPSA) is 93.1 Å². The summed E-state index contributed by atoms with van der Waals surface area (Å²) in [6.07, 6.45) is -4.67. The standard InChI is InChI=1S/C23H19F3N4O3S/c1-15-28-20-13-16(7-12-21(20)30(15)18-5-3-2-4-6-18)22(31)29-17-8-10-19(11-9-17)34(32,33)27-14-23(24,25)26/h2-13,27H,14H2,1H3,(H,29,31). The molecule has 2 N–H and O–H groups in total. The molecule has 7 nitrogen and oxygen atoms in total. The number of halogens is 3. The molecular formula is C23H19F3N4O3S. The van der Waals surface area contributed by atoms with Gasteiger partial charge in [-0.05, 0) is 61.5 Å². The zero-order valence-corrected chi connectivity index (χ0v) is 18.6. The van der Waals surface area contributed by atoms with Crippen LogP contribution in [0.15, 0.2) is 77.7 Å². The Morgan fingerprint density at radius 1 is 1.00 bits per heavy atom. The molecule has 0 spiro atoms. The van der Waals surface area contributed by atoms with Gasteiger partial charge < -0.3 is 5.32 Å². The van der Waals surface area contributed by atoms with Crippen molar-refractivity contribution in [2.45, 2.75) is 18.0 Å². The first-order chi connectivity index (χ1) is 16.0. The number of sulfonamides is 1. The average molecular weight is 488 g/mol. The van der Waals surface area contributed by atoms with Gasteiger partial charge in [0.25, 0.3) is 5.91 Å². The number of nitrogens with one attached hydrogen (secondary N) is 2. The molecule has 0 radical (unpaired) electrons. The smallest absolute Gasteiger partial charge is 0.322 e. The SMILES string of the molecule is Cc1nc2cc(C(=O)Nc3ccc(S(=O)(=O)NCC(F)(F)F)cc3)ccc2n1-c1ccccc1. The molecule has 0 aliphatic rings. The maximum absolute atomic E-state index is 12.7. The fraction of sp³-hybridized carbons (Fsp3) is 0.130. The lowest BCUT2D eigenvalue weighted by Crippen LogP contribution is -2.33. The molecule has 1 heterocycles. The number of nitrogens with zero attached hydrogens (tertiary/aromatic N) is 2. The monoisotopic (exact) mass is 488 g/mol. The number of fused-ring (bicyclic) bond motifs is 1. The van der Waals surface area contributed by atoms with E-state index in [-0.39, 0.29) is 10.6 Å². The lowest BCUT2D eigenvalue weighted by molar-refractivity contribution is -0.121. The van der Waals surface area contributed by atoms with Crippen molar-refractivity contribution in [1.82, 2.24) is 14.3 Å². The largest absolute Gasteiger partial charge is 0.402 e. The number of alkyl halides is 3. The number of imidazole rings is 1. The molecule has 0 atom stereocenters. The fourth-order valence-electron chi connectivity index (χ4n) is 3.43. The number of hydrogen-bond acceptors (Lipinski definition) is 4. The Bertz CT molecular complexity index is 1450. The lowest BCUT2D eigenvalue weighted by Gasteiger charge is -2.10. The van der Waals surface area contributed by atoms with Gasteiger partial charge >= 0.3 is 6.18 Å². The van der Waals surface area contributed by atoms with E-state index in [1.54, 1.807) is 18.2 Å². The number of rotatable bonds is 6. The van der Waals surface area contributed by atoms with Gasteiger partial charge in [0.1, 0.15) is 12.4 Å². The van der Waals surface area contributed by atoms with Crippen LogP contribution in [0.25, 0.3) is 16.7 Å². The highest BCUT2D eigenvalue weighted by Crippen LogP contribution is 2.23. The van der Waals surface area contributed by atoms with E-state index >= 15 is 0 Å². The van der Waals surface area contributed by atoms with Crippen LogP contribution >= 0.6 is 0 Å². The van der Waals surface area contributed by atoms with Gasteiger partial charge in [0.2, 0.25) is 10.0 Å². The minimum atomic E-state index is -4.67. The number of anilines is 1. The zero-order valence-electron chi connectivity index (χ0n) is 17.8. The predicted octanol–water partition coefficient (Wildman–Crippen LogP) is 4.43. The summed E-state index contributed by atoms with van der Waals surface area (Å²) in [5, 5.41) is 2.64. The van der Waals surface area contributed by atoms with Gasteiger partial charge in [0, 0.05) is 16.9 Å². The van der Waals surface area contributed by atoms with Gasteiger partial charge in [0.15, 0.2) is 0 Å². The van der Waals surface area contributed by atoms with E-state index in [1.807, 2.05) is 41.8 Å². The number of amides is 1. The van der Waals surface area contributed by atoms with Gasteiger partial charge in [-0.1, -0.05) is 18.2 Å². The second kappa shape index (κ2) is 8.92. The second-order valence-electron chi connectivity index (χ2n) is 7.45. The quantitative estimate of drug-likeness (QED) is 0.420. The van der Waals surface area contributed by atoms with Crippen LogP contribution in [0.4, 0.5) is 18.9 Å². The van der Waals surface area contributed by atoms with Crippen LogP contribution in [-0.2, 0) is 10.0 Å². The molecular weight excluding hydrogens is 469 g/mol. The number of para-hydroxylation sites is 1. The molecule has 11 heteroatoms. The zero-order chi connectivity index (χ0) is 24.5. The minimum absolute atomic E-state index is 0.283. The van der Waals surface area contributed by atoms with Crippen molar-refractivity contribution in [1.29, 1.82) is 0 Å². The maximum atomic E-state index is 12.7. The molecule has 0 bridgehead atoms. The van der Waals surface area contributed by atoms with E-state index in [9.17, 15) is 26.4 Å². The third-order valence-corrected chi connectivity index (χ3v) is 6.40. The van der Waals surface area contributed by atoms with E-state index in [0.29, 0.717) is 11.1 Å². The molecule has 4 rings (SSSR count). The number of carbonyl (C=O) groups excluding carboxylic acids is 1. The van der Waals surface area contributed by atoms with Crippen molar-refractivity contribution in [2.24, 2.45) is 0 Å². The highest BCUT2D eigenvalue weighted by atomic mass is 32.2. The van der Waals surface area contributed by atoms with Gasteiger partial charge in [-0.3, -0.25) is 9.36 Å². The summed E-state index contributed by atoms with van der Waals surface area (Å²) in [6.45, 7) is 0.196. The van der Waals surface area contributed by atoms with E-state index in [4.69, 9.17) is 0 Å². The van der Waals surface area contributed by atoms with Gasteiger partial charge in [-0.15, -0.1) is 0 Å². The molecule has 1 aromatic heterocycles. The van der Waals surface area contributed by atoms with Crippen LogP contribution in [0.1, 0.15) is 16.2 Å². The Morgan fingerprint density at radius 2 is 1.68 bits per heavy atom. The maximum Gasteiger partial charge on any atom is 0.402 e. The molecule has 3 aromatic carbocycles. The highest BCUT2D eigenvalue weighted by Gasteiger charge is 2.30. The summed E-state index contributed by atoms with van der Waals surface area (Å²) in [5.41, 5.74) is 3.03. The van der Waals surface area contributed by atoms with E-state index in [1.165, 1.54) is 16.9 Å². The minimum Gasteiger partial charge on any atom is -0.322 e. The van der Waals surface area contributed by atoms with Crippen LogP contribution in [0.2, 0.25) is 0 Å². The Hall–Kier alpha value is -3.70. The first-order valence-electron chi connectivity index (χ1n) is 10.1. The average Bonchev–Trinajstić information content (AvgIpc) is 3.13. The normalized spacial score (nSPS) is 12.1. The summed E-state index contributed by atoms with van der Waals surface area (Å²) in [4.78, 5) is 16.9. The molecule has 0 saturated carbocycles. The van der Waals surface area contributed by atoms with Crippen molar-refractivity contribution in [3.8, 4) is 5.69 Å². The first-order valence-corrected chi connectivity index (χ1v) is 11.5. The number of hydrogen-bond donors (Lipinski definition) is 2. The lowest BCUT2D eigenvalue weighted by atomic mass is 10.1. The van der Waals surface area contributed by atoms with Crippen molar-refractivity contribution < 1.29 is 26.4 Å². The molecule has 34 heavy (non-hydrogen) atoms. The summed E-state index contributed by atoms with van der Waals surface area (Å²) in [5.74, 6) is 0.314. The second-order valence-corrected chi connectivity index (χ2v) is 9.22. The fourth-order valence-corrected chi connectivity index (χ4v) is 4.44. The van der Waals surface area contributed by atoms with Gasteiger partial charge in [-0.25, -0.2) is 18.1 Å². The molecule has 0 aliphatic heterocycles. The predicted molar refractivity (Wildman–Crippen MR) is 121 cm³/mol. The summed E-state index contributed by atoms with van der Waals surface area (Å²) < 4.78 is 64.3. The van der Waals surface area contributed by atoms with Crippen molar-refractivity contribution >= 4 is 32.7 Å². The number of benzene rings is 3. The Kier molecular flexibility index (Phi) is 6.15. The van der Waals surface area contributed by atoms with E-state index in [2.05, 4.69) is 10.3 Å². The number of carbonyl (C=O) groups is 1. The third kappa shape index (κ3) is 5.10. The van der Waals surface area contributed by atoms with Crippen LogP contribution < -0.4 is 10.0 Å². The molecule has 0 saturated heterocycles.